The number of rotatable bonds is 4. The Morgan fingerprint density at radius 1 is 1.04 bits per heavy atom. The van der Waals surface area contributed by atoms with E-state index in [1.807, 2.05) is 47.4 Å². The van der Waals surface area contributed by atoms with Crippen molar-refractivity contribution in [3.63, 3.8) is 0 Å². The van der Waals surface area contributed by atoms with Gasteiger partial charge in [-0.05, 0) is 42.0 Å². The average molecular weight is 365 g/mol. The van der Waals surface area contributed by atoms with Gasteiger partial charge in [0.05, 0.1) is 12.8 Å². The van der Waals surface area contributed by atoms with Crippen LogP contribution in [0.4, 0.5) is 5.69 Å². The number of carbonyl (C=O) groups excluding carboxylic acids is 1. The van der Waals surface area contributed by atoms with Gasteiger partial charge in [-0.1, -0.05) is 23.4 Å². The van der Waals surface area contributed by atoms with Gasteiger partial charge < -0.3 is 19.4 Å². The van der Waals surface area contributed by atoms with E-state index >= 15 is 0 Å². The monoisotopic (exact) mass is 365 g/mol. The molecule has 1 amide bonds. The van der Waals surface area contributed by atoms with Gasteiger partial charge in [0.25, 0.3) is 5.91 Å². The Balaban J connectivity index is 1.32. The van der Waals surface area contributed by atoms with Crippen LogP contribution < -0.4 is 9.64 Å². The molecule has 2 aliphatic heterocycles. The summed E-state index contributed by atoms with van der Waals surface area (Å²) in [5.41, 5.74) is 2.96. The van der Waals surface area contributed by atoms with Gasteiger partial charge in [0, 0.05) is 38.3 Å². The van der Waals surface area contributed by atoms with Crippen LogP contribution in [0.15, 0.2) is 59.8 Å². The fraction of sp³-hybridized carbons (Fsp3) is 0.333. The van der Waals surface area contributed by atoms with Crippen molar-refractivity contribution >= 4 is 17.3 Å². The van der Waals surface area contributed by atoms with E-state index in [2.05, 4.69) is 22.2 Å². The number of carbonyl (C=O) groups is 1. The third kappa shape index (κ3) is 3.74. The summed E-state index contributed by atoms with van der Waals surface area (Å²) >= 11 is 0. The summed E-state index contributed by atoms with van der Waals surface area (Å²) in [6.45, 7) is 3.06. The van der Waals surface area contributed by atoms with Crippen LogP contribution in [0.2, 0.25) is 0 Å². The van der Waals surface area contributed by atoms with Crippen molar-refractivity contribution in [1.82, 2.24) is 4.90 Å². The smallest absolute Gasteiger partial charge is 0.267 e. The first-order chi connectivity index (χ1) is 13.2. The van der Waals surface area contributed by atoms with E-state index in [4.69, 9.17) is 9.57 Å². The molecule has 2 aromatic rings. The second-order valence-corrected chi connectivity index (χ2v) is 6.71. The number of piperazine rings is 1. The van der Waals surface area contributed by atoms with Gasteiger partial charge in [0.15, 0.2) is 0 Å². The lowest BCUT2D eigenvalue weighted by Gasteiger charge is -2.36. The van der Waals surface area contributed by atoms with Crippen LogP contribution in [0.5, 0.6) is 5.75 Å². The summed E-state index contributed by atoms with van der Waals surface area (Å²) in [6, 6.07) is 17.9. The number of anilines is 1. The van der Waals surface area contributed by atoms with Crippen LogP contribution in [0, 0.1) is 0 Å². The van der Waals surface area contributed by atoms with E-state index in [1.165, 1.54) is 5.69 Å². The Bertz CT molecular complexity index is 812. The van der Waals surface area contributed by atoms with Crippen LogP contribution in [0.3, 0.4) is 0 Å². The number of hydrogen-bond acceptors (Lipinski definition) is 5. The summed E-state index contributed by atoms with van der Waals surface area (Å²) < 4.78 is 5.18. The molecule has 0 radical (unpaired) electrons. The molecule has 2 aromatic carbocycles. The number of amides is 1. The molecule has 4 rings (SSSR count). The molecule has 1 unspecified atom stereocenters. The minimum atomic E-state index is -0.523. The van der Waals surface area contributed by atoms with Crippen molar-refractivity contribution in [1.29, 1.82) is 0 Å². The molecule has 2 heterocycles. The maximum absolute atomic E-state index is 12.8. The zero-order valence-corrected chi connectivity index (χ0v) is 15.4. The van der Waals surface area contributed by atoms with Crippen molar-refractivity contribution < 1.29 is 14.4 Å². The second kappa shape index (κ2) is 7.70. The molecule has 0 aromatic heterocycles. The first-order valence-electron chi connectivity index (χ1n) is 9.20. The normalized spacial score (nSPS) is 19.4. The number of methoxy groups -OCH3 is 1. The number of nitrogens with zero attached hydrogens (tertiary/aromatic N) is 3. The largest absolute Gasteiger partial charge is 0.497 e. The SMILES string of the molecule is COc1ccc(C2=NOC(C(=O)N3CCN(c4ccccc4)CC3)C2)cc1. The third-order valence-corrected chi connectivity index (χ3v) is 5.08. The van der Waals surface area contributed by atoms with Gasteiger partial charge in [0.2, 0.25) is 6.10 Å². The van der Waals surface area contributed by atoms with Gasteiger partial charge >= 0.3 is 0 Å². The fourth-order valence-electron chi connectivity index (χ4n) is 3.49. The van der Waals surface area contributed by atoms with Crippen LogP contribution in [-0.4, -0.2) is 55.9 Å². The first kappa shape index (κ1) is 17.4. The van der Waals surface area contributed by atoms with Crippen molar-refractivity contribution in [2.24, 2.45) is 5.16 Å². The Kier molecular flexibility index (Phi) is 4.96. The predicted molar refractivity (Wildman–Crippen MR) is 104 cm³/mol. The van der Waals surface area contributed by atoms with Crippen molar-refractivity contribution in [2.45, 2.75) is 12.5 Å². The minimum Gasteiger partial charge on any atom is -0.497 e. The molecular formula is C21H23N3O3. The van der Waals surface area contributed by atoms with E-state index in [0.29, 0.717) is 19.5 Å². The highest BCUT2D eigenvalue weighted by Gasteiger charge is 2.33. The van der Waals surface area contributed by atoms with Gasteiger partial charge in [-0.3, -0.25) is 4.79 Å². The average Bonchev–Trinajstić information content (AvgIpc) is 3.24. The van der Waals surface area contributed by atoms with E-state index in [9.17, 15) is 4.79 Å². The number of benzene rings is 2. The molecule has 1 atom stereocenters. The van der Waals surface area contributed by atoms with Crippen LogP contribution in [0.1, 0.15) is 12.0 Å². The summed E-state index contributed by atoms with van der Waals surface area (Å²) in [4.78, 5) is 22.5. The summed E-state index contributed by atoms with van der Waals surface area (Å²) in [5, 5.41) is 4.14. The van der Waals surface area contributed by atoms with Crippen molar-refractivity contribution in [3.8, 4) is 5.75 Å². The molecule has 0 saturated carbocycles. The molecule has 6 nitrogen and oxygen atoms in total. The fourth-order valence-corrected chi connectivity index (χ4v) is 3.49. The van der Waals surface area contributed by atoms with Crippen LogP contribution >= 0.6 is 0 Å². The Labute approximate surface area is 159 Å². The van der Waals surface area contributed by atoms with Crippen molar-refractivity contribution in [3.05, 3.63) is 60.2 Å². The molecule has 0 bridgehead atoms. The first-order valence-corrected chi connectivity index (χ1v) is 9.20. The molecule has 0 spiro atoms. The number of para-hydroxylation sites is 1. The highest BCUT2D eigenvalue weighted by Crippen LogP contribution is 2.22. The molecular weight excluding hydrogens is 342 g/mol. The van der Waals surface area contributed by atoms with E-state index in [1.54, 1.807) is 7.11 Å². The summed E-state index contributed by atoms with van der Waals surface area (Å²) in [5.74, 6) is 0.817. The van der Waals surface area contributed by atoms with Crippen LogP contribution in [-0.2, 0) is 9.63 Å². The topological polar surface area (TPSA) is 54.4 Å². The standard InChI is InChI=1S/C21H23N3O3/c1-26-18-9-7-16(8-10-18)19-15-20(27-22-19)21(25)24-13-11-23(12-14-24)17-5-3-2-4-6-17/h2-10,20H,11-15H2,1H3. The number of hydrogen-bond donors (Lipinski definition) is 0. The predicted octanol–water partition coefficient (Wildman–Crippen LogP) is 2.54. The Morgan fingerprint density at radius 2 is 1.74 bits per heavy atom. The Morgan fingerprint density at radius 3 is 2.41 bits per heavy atom. The maximum atomic E-state index is 12.8. The lowest BCUT2D eigenvalue weighted by molar-refractivity contribution is -0.142. The van der Waals surface area contributed by atoms with Gasteiger partial charge in [-0.25, -0.2) is 0 Å². The zero-order valence-electron chi connectivity index (χ0n) is 15.4. The van der Waals surface area contributed by atoms with Crippen molar-refractivity contribution in [2.75, 3.05) is 38.2 Å². The number of oxime groups is 1. The molecule has 0 aliphatic carbocycles. The summed E-state index contributed by atoms with van der Waals surface area (Å²) in [7, 11) is 1.64. The molecule has 140 valence electrons. The third-order valence-electron chi connectivity index (χ3n) is 5.08. The van der Waals surface area contributed by atoms with E-state index in [0.717, 1.165) is 30.1 Å². The van der Waals surface area contributed by atoms with E-state index in [-0.39, 0.29) is 5.91 Å². The maximum Gasteiger partial charge on any atom is 0.267 e. The van der Waals surface area contributed by atoms with Crippen LogP contribution in [0.25, 0.3) is 0 Å². The quantitative estimate of drug-likeness (QED) is 0.836. The molecule has 1 saturated heterocycles. The van der Waals surface area contributed by atoms with Gasteiger partial charge in [0.1, 0.15) is 5.75 Å². The molecule has 6 heteroatoms. The molecule has 27 heavy (non-hydrogen) atoms. The molecule has 2 aliphatic rings. The van der Waals surface area contributed by atoms with Gasteiger partial charge in [-0.2, -0.15) is 0 Å². The summed E-state index contributed by atoms with van der Waals surface area (Å²) in [6.07, 6.45) is -0.0188. The zero-order chi connectivity index (χ0) is 18.6. The molecule has 1 fully saturated rings. The molecule has 0 N–H and O–H groups in total. The Hall–Kier alpha value is -3.02. The highest BCUT2D eigenvalue weighted by atomic mass is 16.6. The minimum absolute atomic E-state index is 0.0231. The highest BCUT2D eigenvalue weighted by molar-refractivity contribution is 6.04. The van der Waals surface area contributed by atoms with E-state index < -0.39 is 6.10 Å². The van der Waals surface area contributed by atoms with Gasteiger partial charge in [-0.15, -0.1) is 0 Å². The lowest BCUT2D eigenvalue weighted by Crippen LogP contribution is -2.51. The second-order valence-electron chi connectivity index (χ2n) is 6.71. The lowest BCUT2D eigenvalue weighted by atomic mass is 10.0. The number of ether oxygens (including phenoxy) is 1.